The summed E-state index contributed by atoms with van der Waals surface area (Å²) in [7, 11) is 0. The summed E-state index contributed by atoms with van der Waals surface area (Å²) in [5, 5.41) is 6.12. The summed E-state index contributed by atoms with van der Waals surface area (Å²) in [6.45, 7) is 2.03. The summed E-state index contributed by atoms with van der Waals surface area (Å²) in [4.78, 5) is 31.3. The van der Waals surface area contributed by atoms with Gasteiger partial charge in [0.1, 0.15) is 11.5 Å². The van der Waals surface area contributed by atoms with Crippen LogP contribution in [0.4, 0.5) is 17.1 Å². The van der Waals surface area contributed by atoms with Gasteiger partial charge in [0.15, 0.2) is 0 Å². The Labute approximate surface area is 161 Å². The number of hydrogen-bond donors (Lipinski definition) is 3. The first kappa shape index (κ1) is 18.7. The van der Waals surface area contributed by atoms with Crippen molar-refractivity contribution >= 4 is 34.7 Å². The summed E-state index contributed by atoms with van der Waals surface area (Å²) in [5.74, 6) is 0.579. The highest BCUT2D eigenvalue weighted by molar-refractivity contribution is 7.97. The predicted octanol–water partition coefficient (Wildman–Crippen LogP) is 3.94. The monoisotopic (exact) mass is 380 g/mol. The third kappa shape index (κ3) is 4.98. The molecule has 6 nitrogen and oxygen atoms in total. The Morgan fingerprint density at radius 2 is 1.81 bits per heavy atom. The van der Waals surface area contributed by atoms with Gasteiger partial charge in [-0.2, -0.15) is 11.8 Å². The average molecular weight is 380 g/mol. The Hall–Kier alpha value is -3.06. The highest BCUT2D eigenvalue weighted by atomic mass is 32.2. The fourth-order valence-electron chi connectivity index (χ4n) is 2.51. The molecule has 0 atom stereocenters. The minimum Gasteiger partial charge on any atom is -0.354 e. The minimum atomic E-state index is -0.429. The predicted molar refractivity (Wildman–Crippen MR) is 111 cm³/mol. The third-order valence-electron chi connectivity index (χ3n) is 3.81. The molecule has 3 N–H and O–H groups in total. The summed E-state index contributed by atoms with van der Waals surface area (Å²) in [5.41, 5.74) is 3.20. The Morgan fingerprint density at radius 1 is 1.11 bits per heavy atom. The van der Waals surface area contributed by atoms with Gasteiger partial charge >= 0.3 is 0 Å². The SMILES string of the molecule is CSCc1nc(C(=O)Nc2ccccc2Nc2ccc(C)cc2)cc(=O)[nH]1. The smallest absolute Gasteiger partial charge is 0.274 e. The lowest BCUT2D eigenvalue weighted by Crippen LogP contribution is -2.20. The molecule has 0 saturated carbocycles. The van der Waals surface area contributed by atoms with Crippen LogP contribution < -0.4 is 16.2 Å². The topological polar surface area (TPSA) is 86.9 Å². The number of aromatic amines is 1. The number of H-pyrrole nitrogens is 1. The fourth-order valence-corrected chi connectivity index (χ4v) is 2.92. The molecule has 0 aliphatic carbocycles. The van der Waals surface area contributed by atoms with Crippen LogP contribution in [0.3, 0.4) is 0 Å². The first-order chi connectivity index (χ1) is 13.0. The number of carbonyl (C=O) groups excluding carboxylic acids is 1. The highest BCUT2D eigenvalue weighted by Crippen LogP contribution is 2.25. The summed E-state index contributed by atoms with van der Waals surface area (Å²) in [6.07, 6.45) is 1.90. The number of nitrogens with one attached hydrogen (secondary N) is 3. The second-order valence-electron chi connectivity index (χ2n) is 6.00. The second-order valence-corrected chi connectivity index (χ2v) is 6.87. The fraction of sp³-hybridized carbons (Fsp3) is 0.150. The molecule has 1 amide bonds. The summed E-state index contributed by atoms with van der Waals surface area (Å²) >= 11 is 1.52. The molecule has 0 unspecified atom stereocenters. The van der Waals surface area contributed by atoms with E-state index in [-0.39, 0.29) is 11.3 Å². The molecule has 1 aromatic heterocycles. The standard InChI is InChI=1S/C20H20N4O2S/c1-13-7-9-14(10-8-13)21-15-5-3-4-6-16(15)23-20(26)17-11-19(25)24-18(22-17)12-27-2/h3-11,21H,12H2,1-2H3,(H,23,26)(H,22,24,25). The maximum atomic E-state index is 12.6. The van der Waals surface area contributed by atoms with Crippen molar-refractivity contribution < 1.29 is 4.79 Å². The van der Waals surface area contributed by atoms with E-state index in [0.29, 0.717) is 17.3 Å². The maximum absolute atomic E-state index is 12.6. The van der Waals surface area contributed by atoms with Gasteiger partial charge in [-0.1, -0.05) is 29.8 Å². The van der Waals surface area contributed by atoms with E-state index in [4.69, 9.17) is 0 Å². The van der Waals surface area contributed by atoms with Gasteiger partial charge in [0.25, 0.3) is 11.5 Å². The van der Waals surface area contributed by atoms with Gasteiger partial charge in [-0.25, -0.2) is 4.98 Å². The number of para-hydroxylation sites is 2. The zero-order valence-corrected chi connectivity index (χ0v) is 15.9. The van der Waals surface area contributed by atoms with E-state index >= 15 is 0 Å². The van der Waals surface area contributed by atoms with Gasteiger partial charge < -0.3 is 15.6 Å². The maximum Gasteiger partial charge on any atom is 0.274 e. The van der Waals surface area contributed by atoms with Crippen LogP contribution in [0.5, 0.6) is 0 Å². The van der Waals surface area contributed by atoms with Crippen molar-refractivity contribution in [2.45, 2.75) is 12.7 Å². The number of rotatable bonds is 6. The molecule has 0 aliphatic heterocycles. The Balaban J connectivity index is 1.82. The van der Waals surface area contributed by atoms with Crippen LogP contribution in [0.15, 0.2) is 59.4 Å². The normalized spacial score (nSPS) is 10.4. The van der Waals surface area contributed by atoms with E-state index in [2.05, 4.69) is 20.6 Å². The summed E-state index contributed by atoms with van der Waals surface area (Å²) < 4.78 is 0. The van der Waals surface area contributed by atoms with Gasteiger partial charge in [0.2, 0.25) is 0 Å². The molecule has 138 valence electrons. The molecule has 1 heterocycles. The number of thioether (sulfide) groups is 1. The molecular weight excluding hydrogens is 360 g/mol. The van der Waals surface area contributed by atoms with Crippen molar-refractivity contribution in [2.24, 2.45) is 0 Å². The molecule has 0 fully saturated rings. The number of nitrogens with zero attached hydrogens (tertiary/aromatic N) is 1. The van der Waals surface area contributed by atoms with E-state index < -0.39 is 5.91 Å². The van der Waals surface area contributed by atoms with E-state index in [0.717, 1.165) is 11.4 Å². The van der Waals surface area contributed by atoms with Gasteiger partial charge in [-0.15, -0.1) is 0 Å². The van der Waals surface area contributed by atoms with Gasteiger partial charge in [0, 0.05) is 11.8 Å². The number of hydrogen-bond acceptors (Lipinski definition) is 5. The summed E-state index contributed by atoms with van der Waals surface area (Å²) in [6, 6.07) is 16.6. The Bertz CT molecular complexity index is 999. The van der Waals surface area contributed by atoms with Crippen molar-refractivity contribution in [3.8, 4) is 0 Å². The zero-order chi connectivity index (χ0) is 19.2. The minimum absolute atomic E-state index is 0.0907. The molecule has 0 aliphatic rings. The van der Waals surface area contributed by atoms with Crippen LogP contribution in [0.25, 0.3) is 0 Å². The van der Waals surface area contributed by atoms with Crippen LogP contribution in [-0.2, 0) is 5.75 Å². The molecule has 3 aromatic rings. The highest BCUT2D eigenvalue weighted by Gasteiger charge is 2.12. The first-order valence-electron chi connectivity index (χ1n) is 8.38. The molecule has 0 radical (unpaired) electrons. The molecule has 3 rings (SSSR count). The molecule has 0 spiro atoms. The van der Waals surface area contributed by atoms with Crippen LogP contribution in [0, 0.1) is 6.92 Å². The van der Waals surface area contributed by atoms with E-state index in [9.17, 15) is 9.59 Å². The molecular formula is C20H20N4O2S. The number of aryl methyl sites for hydroxylation is 1. The Morgan fingerprint density at radius 3 is 2.52 bits per heavy atom. The quantitative estimate of drug-likeness (QED) is 0.603. The lowest BCUT2D eigenvalue weighted by Gasteiger charge is -2.13. The zero-order valence-electron chi connectivity index (χ0n) is 15.1. The number of amides is 1. The first-order valence-corrected chi connectivity index (χ1v) is 9.78. The van der Waals surface area contributed by atoms with Crippen molar-refractivity contribution in [1.82, 2.24) is 9.97 Å². The van der Waals surface area contributed by atoms with Crippen molar-refractivity contribution in [3.05, 3.63) is 82.0 Å². The third-order valence-corrected chi connectivity index (χ3v) is 4.37. The van der Waals surface area contributed by atoms with E-state index in [1.807, 2.05) is 55.6 Å². The van der Waals surface area contributed by atoms with Crippen molar-refractivity contribution in [3.63, 3.8) is 0 Å². The van der Waals surface area contributed by atoms with Gasteiger partial charge in [-0.3, -0.25) is 9.59 Å². The lowest BCUT2D eigenvalue weighted by molar-refractivity contribution is 0.102. The van der Waals surface area contributed by atoms with Crippen LogP contribution in [0.2, 0.25) is 0 Å². The second kappa shape index (κ2) is 8.55. The van der Waals surface area contributed by atoms with Gasteiger partial charge in [0.05, 0.1) is 17.1 Å². The number of anilines is 3. The Kier molecular flexibility index (Phi) is 5.93. The molecule has 7 heteroatoms. The molecule has 0 saturated heterocycles. The van der Waals surface area contributed by atoms with Gasteiger partial charge in [-0.05, 0) is 37.4 Å². The molecule has 2 aromatic carbocycles. The average Bonchev–Trinajstić information content (AvgIpc) is 2.65. The molecule has 0 bridgehead atoms. The van der Waals surface area contributed by atoms with Crippen molar-refractivity contribution in [1.29, 1.82) is 0 Å². The number of aromatic nitrogens is 2. The van der Waals surface area contributed by atoms with Crippen LogP contribution in [-0.4, -0.2) is 22.1 Å². The largest absolute Gasteiger partial charge is 0.354 e. The molecule has 27 heavy (non-hydrogen) atoms. The van der Waals surface area contributed by atoms with Crippen LogP contribution >= 0.6 is 11.8 Å². The van der Waals surface area contributed by atoms with Crippen LogP contribution in [0.1, 0.15) is 21.9 Å². The van der Waals surface area contributed by atoms with E-state index in [1.165, 1.54) is 23.4 Å². The van der Waals surface area contributed by atoms with E-state index in [1.54, 1.807) is 6.07 Å². The number of carbonyl (C=O) groups is 1. The lowest BCUT2D eigenvalue weighted by atomic mass is 10.2. The number of benzene rings is 2. The van der Waals surface area contributed by atoms with Crippen molar-refractivity contribution in [2.75, 3.05) is 16.9 Å².